The van der Waals surface area contributed by atoms with Crippen LogP contribution < -0.4 is 32.6 Å². The van der Waals surface area contributed by atoms with Crippen molar-refractivity contribution in [1.82, 2.24) is 15.5 Å². The lowest BCUT2D eigenvalue weighted by atomic mass is 9.90. The smallest absolute Gasteiger partial charge is 0.119 e. The van der Waals surface area contributed by atoms with Crippen LogP contribution in [0.5, 0.6) is 5.75 Å². The van der Waals surface area contributed by atoms with E-state index in [1.165, 1.54) is 43.2 Å². The molecule has 8 N–H and O–H groups in total. The molecule has 1 aliphatic carbocycles. The van der Waals surface area contributed by atoms with Gasteiger partial charge >= 0.3 is 0 Å². The molecule has 0 amide bonds. The summed E-state index contributed by atoms with van der Waals surface area (Å²) < 4.78 is 6.35. The van der Waals surface area contributed by atoms with Crippen molar-refractivity contribution in [1.29, 1.82) is 0 Å². The fraction of sp³-hybridized carbons (Fsp3) is 0.778. The van der Waals surface area contributed by atoms with Crippen molar-refractivity contribution in [2.45, 2.75) is 70.9 Å². The largest absolute Gasteiger partial charge is 0.493 e. The van der Waals surface area contributed by atoms with E-state index in [0.717, 1.165) is 103 Å². The van der Waals surface area contributed by atoms with Crippen LogP contribution in [0.2, 0.25) is 0 Å². The Kier molecular flexibility index (Phi) is 16.2. The molecule has 0 saturated heterocycles. The van der Waals surface area contributed by atoms with Crippen LogP contribution in [0.25, 0.3) is 0 Å². The van der Waals surface area contributed by atoms with Crippen LogP contribution in [0.4, 0.5) is 0 Å². The van der Waals surface area contributed by atoms with E-state index in [0.29, 0.717) is 5.92 Å². The first-order valence-corrected chi connectivity index (χ1v) is 13.7. The second-order valence-corrected chi connectivity index (χ2v) is 9.78. The Bertz CT molecular complexity index is 615. The third-order valence-electron chi connectivity index (χ3n) is 6.59. The van der Waals surface area contributed by atoms with Crippen LogP contribution in [-0.2, 0) is 13.1 Å². The Hall–Kier alpha value is -1.22. The Labute approximate surface area is 208 Å². The lowest BCUT2D eigenvalue weighted by Crippen LogP contribution is -2.28. The topological polar surface area (TPSA) is 115 Å². The molecular formula is C27H52N6O. The SMILES string of the molecule is NCCCNCCCNCc1cc(CN(CCCN)CCCN)cc(OCC2CCCCC2)c1. The molecule has 0 heterocycles. The maximum Gasteiger partial charge on any atom is 0.119 e. The summed E-state index contributed by atoms with van der Waals surface area (Å²) in [6.07, 6.45) is 10.9. The van der Waals surface area contributed by atoms with Gasteiger partial charge in [-0.25, -0.2) is 0 Å². The monoisotopic (exact) mass is 476 g/mol. The van der Waals surface area contributed by atoms with E-state index in [2.05, 4.69) is 33.7 Å². The molecule has 0 aliphatic heterocycles. The fourth-order valence-electron chi connectivity index (χ4n) is 4.65. The Morgan fingerprint density at radius 3 is 2.12 bits per heavy atom. The van der Waals surface area contributed by atoms with Gasteiger partial charge in [-0.05, 0) is 120 Å². The predicted molar refractivity (Wildman–Crippen MR) is 144 cm³/mol. The average molecular weight is 477 g/mol. The molecule has 0 bridgehead atoms. The summed E-state index contributed by atoms with van der Waals surface area (Å²) in [6.45, 7) is 9.86. The van der Waals surface area contributed by atoms with Crippen LogP contribution in [0, 0.1) is 5.92 Å². The quantitative estimate of drug-likeness (QED) is 0.184. The minimum absolute atomic E-state index is 0.705. The van der Waals surface area contributed by atoms with E-state index in [9.17, 15) is 0 Å². The molecule has 1 aliphatic rings. The molecule has 34 heavy (non-hydrogen) atoms. The molecule has 0 atom stereocenters. The van der Waals surface area contributed by atoms with Crippen molar-refractivity contribution in [2.75, 3.05) is 59.0 Å². The van der Waals surface area contributed by atoms with Crippen molar-refractivity contribution in [3.8, 4) is 5.75 Å². The van der Waals surface area contributed by atoms with Crippen LogP contribution in [0.15, 0.2) is 18.2 Å². The molecule has 1 saturated carbocycles. The summed E-state index contributed by atoms with van der Waals surface area (Å²) in [5.74, 6) is 1.72. The molecule has 0 radical (unpaired) electrons. The van der Waals surface area contributed by atoms with Crippen molar-refractivity contribution in [3.63, 3.8) is 0 Å². The number of nitrogens with zero attached hydrogens (tertiary/aromatic N) is 1. The molecule has 0 spiro atoms. The van der Waals surface area contributed by atoms with Gasteiger partial charge in [0.05, 0.1) is 6.61 Å². The first-order chi connectivity index (χ1) is 16.7. The van der Waals surface area contributed by atoms with Crippen LogP contribution in [0.3, 0.4) is 0 Å². The second kappa shape index (κ2) is 19.0. The summed E-state index contributed by atoms with van der Waals surface area (Å²) in [6, 6.07) is 6.80. The number of hydrogen-bond acceptors (Lipinski definition) is 7. The first kappa shape index (κ1) is 29.0. The summed E-state index contributed by atoms with van der Waals surface area (Å²) >= 11 is 0. The van der Waals surface area contributed by atoms with Gasteiger partial charge in [0.15, 0.2) is 0 Å². The van der Waals surface area contributed by atoms with E-state index in [4.69, 9.17) is 21.9 Å². The first-order valence-electron chi connectivity index (χ1n) is 13.7. The van der Waals surface area contributed by atoms with E-state index in [-0.39, 0.29) is 0 Å². The zero-order valence-corrected chi connectivity index (χ0v) is 21.5. The van der Waals surface area contributed by atoms with Gasteiger partial charge in [-0.1, -0.05) is 25.3 Å². The lowest BCUT2D eigenvalue weighted by molar-refractivity contribution is 0.208. The Morgan fingerprint density at radius 1 is 0.765 bits per heavy atom. The number of nitrogens with one attached hydrogen (secondary N) is 2. The molecule has 1 aromatic carbocycles. The molecule has 0 aromatic heterocycles. The number of hydrogen-bond donors (Lipinski definition) is 5. The van der Waals surface area contributed by atoms with Crippen molar-refractivity contribution < 1.29 is 4.74 Å². The summed E-state index contributed by atoms with van der Waals surface area (Å²) in [5.41, 5.74) is 19.7. The number of benzene rings is 1. The molecule has 2 rings (SSSR count). The van der Waals surface area contributed by atoms with E-state index < -0.39 is 0 Å². The molecule has 196 valence electrons. The van der Waals surface area contributed by atoms with Gasteiger partial charge in [-0.3, -0.25) is 4.90 Å². The van der Waals surface area contributed by atoms with Crippen LogP contribution in [0.1, 0.15) is 68.9 Å². The second-order valence-electron chi connectivity index (χ2n) is 9.78. The van der Waals surface area contributed by atoms with Gasteiger partial charge in [0, 0.05) is 13.1 Å². The molecular weight excluding hydrogens is 424 g/mol. The fourth-order valence-corrected chi connectivity index (χ4v) is 4.65. The van der Waals surface area contributed by atoms with Gasteiger partial charge in [0.2, 0.25) is 0 Å². The third kappa shape index (κ3) is 13.0. The van der Waals surface area contributed by atoms with Gasteiger partial charge in [-0.2, -0.15) is 0 Å². The highest BCUT2D eigenvalue weighted by Gasteiger charge is 2.15. The standard InChI is InChI=1S/C27H52N6O/c28-10-4-13-31-14-7-15-32-21-25-18-26(22-33(16-5-11-29)17-6-12-30)20-27(19-25)34-23-24-8-2-1-3-9-24/h18-20,24,31-32H,1-17,21-23,28-30H2. The average Bonchev–Trinajstić information content (AvgIpc) is 2.86. The van der Waals surface area contributed by atoms with E-state index in [1.54, 1.807) is 0 Å². The van der Waals surface area contributed by atoms with E-state index >= 15 is 0 Å². The molecule has 7 heteroatoms. The summed E-state index contributed by atoms with van der Waals surface area (Å²) in [7, 11) is 0. The van der Waals surface area contributed by atoms with Gasteiger partial charge in [0.25, 0.3) is 0 Å². The van der Waals surface area contributed by atoms with Crippen LogP contribution in [-0.4, -0.2) is 63.9 Å². The molecule has 1 fully saturated rings. The number of nitrogens with two attached hydrogens (primary N) is 3. The van der Waals surface area contributed by atoms with Crippen molar-refractivity contribution in [3.05, 3.63) is 29.3 Å². The van der Waals surface area contributed by atoms with Crippen LogP contribution >= 0.6 is 0 Å². The van der Waals surface area contributed by atoms with Crippen molar-refractivity contribution >= 4 is 0 Å². The molecule has 0 unspecified atom stereocenters. The van der Waals surface area contributed by atoms with Gasteiger partial charge < -0.3 is 32.6 Å². The maximum atomic E-state index is 6.35. The Balaban J connectivity index is 1.94. The third-order valence-corrected chi connectivity index (χ3v) is 6.59. The highest BCUT2D eigenvalue weighted by Crippen LogP contribution is 2.26. The summed E-state index contributed by atoms with van der Waals surface area (Å²) in [4.78, 5) is 2.48. The highest BCUT2D eigenvalue weighted by molar-refractivity contribution is 5.34. The minimum Gasteiger partial charge on any atom is -0.493 e. The zero-order valence-electron chi connectivity index (χ0n) is 21.5. The normalized spacial score (nSPS) is 14.7. The highest BCUT2D eigenvalue weighted by atomic mass is 16.5. The predicted octanol–water partition coefficient (Wildman–Crippen LogP) is 2.56. The number of ether oxygens (including phenoxy) is 1. The van der Waals surface area contributed by atoms with Gasteiger partial charge in [0.1, 0.15) is 5.75 Å². The maximum absolute atomic E-state index is 6.35. The van der Waals surface area contributed by atoms with Crippen molar-refractivity contribution in [2.24, 2.45) is 23.1 Å². The molecule has 1 aromatic rings. The molecule has 7 nitrogen and oxygen atoms in total. The number of rotatable bonds is 20. The van der Waals surface area contributed by atoms with Gasteiger partial charge in [-0.15, -0.1) is 0 Å². The lowest BCUT2D eigenvalue weighted by Gasteiger charge is -2.24. The minimum atomic E-state index is 0.705. The summed E-state index contributed by atoms with van der Waals surface area (Å²) in [5, 5.41) is 7.05. The van der Waals surface area contributed by atoms with E-state index in [1.807, 2.05) is 0 Å². The zero-order chi connectivity index (χ0) is 24.3. The Morgan fingerprint density at radius 2 is 1.41 bits per heavy atom.